The van der Waals surface area contributed by atoms with Crippen molar-refractivity contribution in [3.05, 3.63) is 39.9 Å². The van der Waals surface area contributed by atoms with Gasteiger partial charge in [0.15, 0.2) is 0 Å². The largest absolute Gasteiger partial charge is 0.377 e. The highest BCUT2D eigenvalue weighted by Gasteiger charge is 2.17. The minimum absolute atomic E-state index is 0.131. The number of nitro benzene ring substituents is 1. The third kappa shape index (κ3) is 3.01. The number of nitro groups is 1. The van der Waals surface area contributed by atoms with Crippen LogP contribution in [0.1, 0.15) is 24.9 Å². The van der Waals surface area contributed by atoms with Gasteiger partial charge in [0.25, 0.3) is 5.69 Å². The lowest BCUT2D eigenvalue weighted by Crippen LogP contribution is -2.26. The van der Waals surface area contributed by atoms with Crippen LogP contribution >= 0.6 is 0 Å². The first-order valence-corrected chi connectivity index (χ1v) is 5.76. The van der Waals surface area contributed by atoms with Gasteiger partial charge < -0.3 is 10.1 Å². The van der Waals surface area contributed by atoms with Crippen LogP contribution in [0.3, 0.4) is 0 Å². The molecule has 0 spiro atoms. The Kier molecular flexibility index (Phi) is 3.71. The van der Waals surface area contributed by atoms with E-state index in [1.807, 2.05) is 19.1 Å². The normalized spacial score (nSPS) is 25.2. The van der Waals surface area contributed by atoms with Crippen LogP contribution in [0.2, 0.25) is 0 Å². The second kappa shape index (κ2) is 5.25. The fraction of sp³-hybridized carbons (Fsp3) is 0.500. The zero-order valence-electron chi connectivity index (χ0n) is 9.76. The van der Waals surface area contributed by atoms with Gasteiger partial charge in [-0.3, -0.25) is 10.1 Å². The van der Waals surface area contributed by atoms with Crippen molar-refractivity contribution in [3.8, 4) is 0 Å². The molecule has 1 aliphatic heterocycles. The third-order valence-corrected chi connectivity index (χ3v) is 2.97. The second-order valence-electron chi connectivity index (χ2n) is 4.28. The molecular weight excluding hydrogens is 220 g/mol. The lowest BCUT2D eigenvalue weighted by molar-refractivity contribution is -0.384. The van der Waals surface area contributed by atoms with Gasteiger partial charge >= 0.3 is 0 Å². The summed E-state index contributed by atoms with van der Waals surface area (Å²) in [7, 11) is 0. The highest BCUT2D eigenvalue weighted by atomic mass is 16.6. The zero-order chi connectivity index (χ0) is 12.3. The Morgan fingerprint density at radius 2 is 2.12 bits per heavy atom. The molecule has 0 amide bonds. The van der Waals surface area contributed by atoms with Gasteiger partial charge in [-0.2, -0.15) is 0 Å². The van der Waals surface area contributed by atoms with Crippen molar-refractivity contribution in [2.75, 3.05) is 13.2 Å². The number of nitrogens with one attached hydrogen (secondary N) is 1. The molecule has 0 saturated carbocycles. The van der Waals surface area contributed by atoms with E-state index in [2.05, 4.69) is 5.32 Å². The summed E-state index contributed by atoms with van der Waals surface area (Å²) >= 11 is 0. The molecule has 0 bridgehead atoms. The van der Waals surface area contributed by atoms with Crippen LogP contribution in [0.15, 0.2) is 24.3 Å². The van der Waals surface area contributed by atoms with Crippen molar-refractivity contribution in [2.24, 2.45) is 0 Å². The summed E-state index contributed by atoms with van der Waals surface area (Å²) in [6.07, 6.45) is 1.11. The molecule has 5 heteroatoms. The van der Waals surface area contributed by atoms with Crippen LogP contribution in [0.25, 0.3) is 0 Å². The first-order chi connectivity index (χ1) is 8.16. The number of nitrogens with zero attached hydrogens (tertiary/aromatic N) is 1. The van der Waals surface area contributed by atoms with Crippen molar-refractivity contribution < 1.29 is 9.66 Å². The van der Waals surface area contributed by atoms with E-state index in [9.17, 15) is 10.1 Å². The Labute approximate surface area is 99.9 Å². The molecule has 5 nitrogen and oxygen atoms in total. The summed E-state index contributed by atoms with van der Waals surface area (Å²) in [6, 6.07) is 6.94. The number of rotatable bonds is 2. The molecule has 2 unspecified atom stereocenters. The average molecular weight is 236 g/mol. The lowest BCUT2D eigenvalue weighted by atomic mass is 10.0. The van der Waals surface area contributed by atoms with Gasteiger partial charge in [-0.1, -0.05) is 12.1 Å². The molecule has 1 saturated heterocycles. The van der Waals surface area contributed by atoms with Crippen molar-refractivity contribution in [1.82, 2.24) is 5.32 Å². The third-order valence-electron chi connectivity index (χ3n) is 2.97. The lowest BCUT2D eigenvalue weighted by Gasteiger charge is -2.15. The van der Waals surface area contributed by atoms with E-state index in [0.717, 1.165) is 25.1 Å². The van der Waals surface area contributed by atoms with Gasteiger partial charge in [0, 0.05) is 31.3 Å². The average Bonchev–Trinajstić information content (AvgIpc) is 2.54. The van der Waals surface area contributed by atoms with Crippen LogP contribution in [-0.2, 0) is 4.74 Å². The number of hydrogen-bond acceptors (Lipinski definition) is 4. The fourth-order valence-corrected chi connectivity index (χ4v) is 1.97. The SMILES string of the molecule is CC1CNC(c2ccc([N+](=O)[O-])cc2)CCO1. The quantitative estimate of drug-likeness (QED) is 0.630. The number of ether oxygens (including phenoxy) is 1. The molecule has 0 aromatic heterocycles. The Balaban J connectivity index is 2.08. The highest BCUT2D eigenvalue weighted by molar-refractivity contribution is 5.34. The Bertz CT molecular complexity index is 391. The van der Waals surface area contributed by atoms with E-state index >= 15 is 0 Å². The number of non-ortho nitro benzene ring substituents is 1. The fourth-order valence-electron chi connectivity index (χ4n) is 1.97. The molecule has 1 N–H and O–H groups in total. The van der Waals surface area contributed by atoms with Gasteiger partial charge in [0.1, 0.15) is 0 Å². The highest BCUT2D eigenvalue weighted by Crippen LogP contribution is 2.22. The molecule has 1 aliphatic rings. The van der Waals surface area contributed by atoms with Crippen LogP contribution in [0.4, 0.5) is 5.69 Å². The molecule has 2 rings (SSSR count). The molecule has 1 aromatic rings. The minimum Gasteiger partial charge on any atom is -0.377 e. The second-order valence-corrected chi connectivity index (χ2v) is 4.28. The maximum absolute atomic E-state index is 10.6. The Morgan fingerprint density at radius 1 is 1.41 bits per heavy atom. The van der Waals surface area contributed by atoms with Crippen molar-refractivity contribution >= 4 is 5.69 Å². The van der Waals surface area contributed by atoms with Gasteiger partial charge in [-0.25, -0.2) is 0 Å². The van der Waals surface area contributed by atoms with Gasteiger partial charge in [0.05, 0.1) is 11.0 Å². The summed E-state index contributed by atoms with van der Waals surface area (Å²) in [5, 5.41) is 14.0. The first kappa shape index (κ1) is 12.0. The molecule has 92 valence electrons. The van der Waals surface area contributed by atoms with Crippen LogP contribution in [0.5, 0.6) is 0 Å². The van der Waals surface area contributed by atoms with Crippen molar-refractivity contribution in [2.45, 2.75) is 25.5 Å². The van der Waals surface area contributed by atoms with Gasteiger partial charge in [-0.15, -0.1) is 0 Å². The summed E-state index contributed by atoms with van der Waals surface area (Å²) < 4.78 is 5.55. The van der Waals surface area contributed by atoms with E-state index in [0.29, 0.717) is 0 Å². The predicted molar refractivity (Wildman–Crippen MR) is 63.9 cm³/mol. The van der Waals surface area contributed by atoms with Gasteiger partial charge in [-0.05, 0) is 18.9 Å². The molecule has 1 aromatic carbocycles. The van der Waals surface area contributed by atoms with E-state index in [4.69, 9.17) is 4.74 Å². The monoisotopic (exact) mass is 236 g/mol. The topological polar surface area (TPSA) is 64.4 Å². The molecular formula is C12H16N2O3. The zero-order valence-corrected chi connectivity index (χ0v) is 9.76. The summed E-state index contributed by atoms with van der Waals surface area (Å²) in [4.78, 5) is 10.2. The van der Waals surface area contributed by atoms with E-state index in [-0.39, 0.29) is 22.8 Å². The standard InChI is InChI=1S/C12H16N2O3/c1-9-8-13-12(6-7-17-9)10-2-4-11(5-3-10)14(15)16/h2-5,9,12-13H,6-8H2,1H3. The summed E-state index contributed by atoms with van der Waals surface area (Å²) in [5.41, 5.74) is 1.21. The molecule has 1 fully saturated rings. The van der Waals surface area contributed by atoms with E-state index in [1.54, 1.807) is 12.1 Å². The van der Waals surface area contributed by atoms with Crippen molar-refractivity contribution in [1.29, 1.82) is 0 Å². The minimum atomic E-state index is -0.379. The summed E-state index contributed by atoms with van der Waals surface area (Å²) in [5.74, 6) is 0. The smallest absolute Gasteiger partial charge is 0.269 e. The summed E-state index contributed by atoms with van der Waals surface area (Å²) in [6.45, 7) is 3.56. The van der Waals surface area contributed by atoms with Crippen LogP contribution < -0.4 is 5.32 Å². The van der Waals surface area contributed by atoms with E-state index in [1.165, 1.54) is 0 Å². The molecule has 1 heterocycles. The maximum atomic E-state index is 10.6. The molecule has 2 atom stereocenters. The first-order valence-electron chi connectivity index (χ1n) is 5.76. The number of hydrogen-bond donors (Lipinski definition) is 1. The van der Waals surface area contributed by atoms with Crippen LogP contribution in [-0.4, -0.2) is 24.2 Å². The maximum Gasteiger partial charge on any atom is 0.269 e. The van der Waals surface area contributed by atoms with Crippen molar-refractivity contribution in [3.63, 3.8) is 0 Å². The van der Waals surface area contributed by atoms with Crippen LogP contribution in [0, 0.1) is 10.1 Å². The predicted octanol–water partition coefficient (Wildman–Crippen LogP) is 2.03. The number of benzene rings is 1. The molecule has 0 aliphatic carbocycles. The van der Waals surface area contributed by atoms with E-state index < -0.39 is 0 Å². The Morgan fingerprint density at radius 3 is 2.76 bits per heavy atom. The van der Waals surface area contributed by atoms with Gasteiger partial charge in [0.2, 0.25) is 0 Å². The Hall–Kier alpha value is -1.46. The molecule has 0 radical (unpaired) electrons. The molecule has 17 heavy (non-hydrogen) atoms.